The second kappa shape index (κ2) is 14.6. The number of benzene rings is 2. The fourth-order valence-electron chi connectivity index (χ4n) is 7.70. The number of halogens is 4. The highest BCUT2D eigenvalue weighted by atomic mass is 35.5. The third-order valence-electron chi connectivity index (χ3n) is 10.5. The Morgan fingerprint density at radius 2 is 1.68 bits per heavy atom. The van der Waals surface area contributed by atoms with Crippen LogP contribution < -0.4 is 11.4 Å². The van der Waals surface area contributed by atoms with Crippen LogP contribution in [0.15, 0.2) is 47.3 Å². The van der Waals surface area contributed by atoms with Crippen molar-refractivity contribution in [2.75, 3.05) is 58.6 Å². The van der Waals surface area contributed by atoms with Crippen LogP contribution >= 0.6 is 11.6 Å². The first-order valence-electron chi connectivity index (χ1n) is 16.9. The van der Waals surface area contributed by atoms with E-state index in [0.717, 1.165) is 32.0 Å². The molecule has 2 unspecified atom stereocenters. The number of carboxylic acid groups (broad SMARTS) is 1. The molecule has 0 radical (unpaired) electrons. The molecule has 2 amide bonds. The molecule has 6 rings (SSSR count). The summed E-state index contributed by atoms with van der Waals surface area (Å²) < 4.78 is 43.2. The van der Waals surface area contributed by atoms with E-state index in [0.29, 0.717) is 43.6 Å². The Balaban J connectivity index is 1.31. The van der Waals surface area contributed by atoms with Crippen molar-refractivity contribution in [3.05, 3.63) is 69.1 Å². The van der Waals surface area contributed by atoms with Gasteiger partial charge in [0.05, 0.1) is 28.2 Å². The number of amides is 2. The van der Waals surface area contributed by atoms with Crippen LogP contribution in [0.5, 0.6) is 0 Å². The Kier molecular flexibility index (Phi) is 10.5. The number of nitrogens with zero attached hydrogens (tertiary/aromatic N) is 6. The molecule has 270 valence electrons. The molecule has 4 N–H and O–H groups in total. The van der Waals surface area contributed by atoms with Gasteiger partial charge in [-0.1, -0.05) is 41.9 Å². The molecule has 3 aliphatic rings. The molecule has 16 heteroatoms. The number of nitrogens with two attached hydrogens (primary N) is 1. The topological polar surface area (TPSA) is 144 Å². The van der Waals surface area contributed by atoms with Crippen molar-refractivity contribution in [2.24, 2.45) is 5.92 Å². The molecule has 3 aromatic rings. The van der Waals surface area contributed by atoms with Crippen molar-refractivity contribution in [3.63, 3.8) is 0 Å². The van der Waals surface area contributed by atoms with Crippen molar-refractivity contribution < 1.29 is 27.9 Å². The summed E-state index contributed by atoms with van der Waals surface area (Å²) in [6.45, 7) is 4.07. The molecule has 0 spiro atoms. The van der Waals surface area contributed by atoms with Gasteiger partial charge < -0.3 is 25.5 Å². The fourth-order valence-corrected chi connectivity index (χ4v) is 7.94. The predicted molar refractivity (Wildman–Crippen MR) is 182 cm³/mol. The zero-order valence-corrected chi connectivity index (χ0v) is 28.5. The van der Waals surface area contributed by atoms with Gasteiger partial charge in [0, 0.05) is 50.4 Å². The van der Waals surface area contributed by atoms with Crippen molar-refractivity contribution in [1.29, 1.82) is 0 Å². The molecule has 4 heterocycles. The van der Waals surface area contributed by atoms with Crippen molar-refractivity contribution in [1.82, 2.24) is 34.4 Å². The Morgan fingerprint density at radius 1 is 1.02 bits per heavy atom. The summed E-state index contributed by atoms with van der Waals surface area (Å²) in [6.07, 6.45) is -3.92. The number of hydrogen-bond acceptors (Lipinski definition) is 7. The molecule has 3 fully saturated rings. The van der Waals surface area contributed by atoms with E-state index in [-0.39, 0.29) is 42.3 Å². The van der Waals surface area contributed by atoms with Crippen LogP contribution in [0.3, 0.4) is 0 Å². The number of aromatic nitrogens is 3. The van der Waals surface area contributed by atoms with Crippen LogP contribution in [0.25, 0.3) is 11.4 Å². The van der Waals surface area contributed by atoms with Gasteiger partial charge in [0.25, 0.3) is 0 Å². The SMILES string of the molecule is CN1CCC(N2CCN(C(=O)C(Cc3cc(Cl)c(N)c(C(F)(F)F)c3)[C@H]3CC(n4nc(-c5ccccc5)[nH]c4=O)CCN3C(=O)O)CC2)CC1. The Morgan fingerprint density at radius 3 is 2.32 bits per heavy atom. The largest absolute Gasteiger partial charge is 0.465 e. The average molecular weight is 719 g/mol. The summed E-state index contributed by atoms with van der Waals surface area (Å²) in [7, 11) is 2.10. The molecular weight excluding hydrogens is 677 g/mol. The first-order valence-corrected chi connectivity index (χ1v) is 17.3. The molecule has 0 aliphatic carbocycles. The Bertz CT molecular complexity index is 1740. The van der Waals surface area contributed by atoms with Gasteiger partial charge in [-0.05, 0) is 69.9 Å². The fraction of sp³-hybridized carbons (Fsp3) is 0.529. The molecule has 0 saturated carbocycles. The molecule has 1 aromatic heterocycles. The third-order valence-corrected chi connectivity index (χ3v) is 10.8. The number of hydrogen-bond donors (Lipinski definition) is 3. The van der Waals surface area contributed by atoms with Crippen molar-refractivity contribution in [2.45, 2.75) is 56.4 Å². The molecule has 50 heavy (non-hydrogen) atoms. The van der Waals surface area contributed by atoms with Crippen LogP contribution in [0.1, 0.15) is 42.9 Å². The average Bonchev–Trinajstić information content (AvgIpc) is 3.49. The van der Waals surface area contributed by atoms with E-state index < -0.39 is 47.2 Å². The summed E-state index contributed by atoms with van der Waals surface area (Å²) in [5.74, 6) is -1.09. The summed E-state index contributed by atoms with van der Waals surface area (Å²) in [5.41, 5.74) is 4.29. The van der Waals surface area contributed by atoms with Gasteiger partial charge in [-0.25, -0.2) is 14.3 Å². The summed E-state index contributed by atoms with van der Waals surface area (Å²) in [5, 5.41) is 14.5. The maximum Gasteiger partial charge on any atom is 0.418 e. The Labute approximate surface area is 292 Å². The minimum Gasteiger partial charge on any atom is -0.465 e. The highest BCUT2D eigenvalue weighted by Gasteiger charge is 2.44. The van der Waals surface area contributed by atoms with Crippen LogP contribution in [0.2, 0.25) is 5.02 Å². The number of piperidine rings is 2. The number of nitrogen functional groups attached to an aromatic ring is 1. The first kappa shape index (κ1) is 35.7. The first-order chi connectivity index (χ1) is 23.8. The normalized spacial score (nSPS) is 22.1. The minimum absolute atomic E-state index is 0.00534. The smallest absolute Gasteiger partial charge is 0.418 e. The van der Waals surface area contributed by atoms with Gasteiger partial charge in [-0.2, -0.15) is 13.2 Å². The van der Waals surface area contributed by atoms with E-state index in [2.05, 4.69) is 26.9 Å². The lowest BCUT2D eigenvalue weighted by atomic mass is 9.82. The van der Waals surface area contributed by atoms with Gasteiger partial charge in [-0.15, -0.1) is 5.10 Å². The van der Waals surface area contributed by atoms with Gasteiger partial charge in [0.2, 0.25) is 5.91 Å². The molecular formula is C34H42ClF3N8O4. The predicted octanol–water partition coefficient (Wildman–Crippen LogP) is 4.27. The van der Waals surface area contributed by atoms with Gasteiger partial charge in [0.15, 0.2) is 5.82 Å². The number of aromatic amines is 1. The zero-order chi connectivity index (χ0) is 35.7. The number of carbonyl (C=O) groups excluding carboxylic acids is 1. The lowest BCUT2D eigenvalue weighted by Gasteiger charge is -2.45. The number of anilines is 1. The van der Waals surface area contributed by atoms with E-state index in [1.54, 1.807) is 17.0 Å². The molecule has 3 saturated heterocycles. The van der Waals surface area contributed by atoms with E-state index in [1.807, 2.05) is 18.2 Å². The van der Waals surface area contributed by atoms with Crippen molar-refractivity contribution in [3.8, 4) is 11.4 Å². The molecule has 3 aliphatic heterocycles. The summed E-state index contributed by atoms with van der Waals surface area (Å²) in [4.78, 5) is 50.7. The number of likely N-dealkylation sites (tertiary alicyclic amines) is 2. The molecule has 3 atom stereocenters. The molecule has 12 nitrogen and oxygen atoms in total. The number of H-pyrrole nitrogens is 1. The highest BCUT2D eigenvalue weighted by molar-refractivity contribution is 6.33. The maximum absolute atomic E-state index is 14.5. The zero-order valence-electron chi connectivity index (χ0n) is 27.8. The Hall–Kier alpha value is -4.08. The van der Waals surface area contributed by atoms with E-state index in [4.69, 9.17) is 17.3 Å². The standard InChI is InChI=1S/C34H42ClF3N8O4/c1-42-10-7-23(8-11-42)43-13-15-44(16-14-43)31(47)25(17-21-18-26(34(36,37)38)29(39)27(35)19-21)28-20-24(9-12-45(28)33(49)50)46-32(48)40-30(41-46)22-5-3-2-4-6-22/h2-6,18-19,23-25,28H,7-17,20,39H2,1H3,(H,49,50)(H,40,41,48)/t24?,25?,28-/m1/s1. The van der Waals surface area contributed by atoms with Crippen LogP contribution in [0, 0.1) is 5.92 Å². The quantitative estimate of drug-likeness (QED) is 0.308. The molecule has 0 bridgehead atoms. The number of rotatable bonds is 7. The number of piperazine rings is 1. The lowest BCUT2D eigenvalue weighted by molar-refractivity contribution is -0.140. The monoisotopic (exact) mass is 718 g/mol. The van der Waals surface area contributed by atoms with Crippen molar-refractivity contribution >= 4 is 29.3 Å². The van der Waals surface area contributed by atoms with Crippen LogP contribution in [-0.4, -0.2) is 116 Å². The van der Waals surface area contributed by atoms with E-state index in [1.165, 1.54) is 15.6 Å². The van der Waals surface area contributed by atoms with E-state index >= 15 is 0 Å². The summed E-state index contributed by atoms with van der Waals surface area (Å²) in [6, 6.07) is 10.1. The second-order valence-electron chi connectivity index (χ2n) is 13.6. The van der Waals surface area contributed by atoms with Gasteiger partial charge in [0.1, 0.15) is 0 Å². The van der Waals surface area contributed by atoms with Crippen LogP contribution in [-0.2, 0) is 17.4 Å². The highest BCUT2D eigenvalue weighted by Crippen LogP contribution is 2.40. The summed E-state index contributed by atoms with van der Waals surface area (Å²) >= 11 is 6.19. The lowest BCUT2D eigenvalue weighted by Crippen LogP contribution is -2.58. The maximum atomic E-state index is 14.5. The van der Waals surface area contributed by atoms with Crippen LogP contribution in [0.4, 0.5) is 23.7 Å². The number of nitrogens with one attached hydrogen (secondary N) is 1. The number of alkyl halides is 3. The molecule has 2 aromatic carbocycles. The second-order valence-corrected chi connectivity index (χ2v) is 14.0. The van der Waals surface area contributed by atoms with E-state index in [9.17, 15) is 32.7 Å². The van der Waals surface area contributed by atoms with Gasteiger partial charge in [-0.3, -0.25) is 14.7 Å². The third kappa shape index (κ3) is 7.64. The number of carbonyl (C=O) groups is 2. The van der Waals surface area contributed by atoms with Gasteiger partial charge >= 0.3 is 18.0 Å². The minimum atomic E-state index is -4.80.